The van der Waals surface area contributed by atoms with Gasteiger partial charge in [0.15, 0.2) is 0 Å². The molecule has 0 bridgehead atoms. The van der Waals surface area contributed by atoms with Crippen LogP contribution in [0.25, 0.3) is 0 Å². The van der Waals surface area contributed by atoms with Crippen LogP contribution >= 0.6 is 0 Å². The van der Waals surface area contributed by atoms with Gasteiger partial charge in [-0.3, -0.25) is 9.59 Å². The van der Waals surface area contributed by atoms with E-state index in [0.717, 1.165) is 6.42 Å². The molecule has 1 unspecified atom stereocenters. The Morgan fingerprint density at radius 3 is 2.44 bits per heavy atom. The highest BCUT2D eigenvalue weighted by Crippen LogP contribution is 2.13. The molecule has 0 spiro atoms. The maximum atomic E-state index is 11.4. The number of hydrogen-bond donors (Lipinski definition) is 3. The van der Waals surface area contributed by atoms with Crippen LogP contribution in [0.15, 0.2) is 0 Å². The van der Waals surface area contributed by atoms with E-state index in [1.165, 1.54) is 0 Å². The molecular formula is C11H22N2O3. The van der Waals surface area contributed by atoms with Crippen molar-refractivity contribution in [2.24, 2.45) is 17.1 Å². The van der Waals surface area contributed by atoms with Crippen molar-refractivity contribution >= 4 is 11.9 Å². The average Bonchev–Trinajstić information content (AvgIpc) is 2.22. The highest BCUT2D eigenvalue weighted by atomic mass is 16.4. The van der Waals surface area contributed by atoms with Crippen molar-refractivity contribution in [3.63, 3.8) is 0 Å². The van der Waals surface area contributed by atoms with Gasteiger partial charge in [0.25, 0.3) is 0 Å². The van der Waals surface area contributed by atoms with Crippen molar-refractivity contribution < 1.29 is 14.7 Å². The van der Waals surface area contributed by atoms with Crippen molar-refractivity contribution in [3.05, 3.63) is 0 Å². The molecule has 0 rings (SSSR count). The third kappa shape index (κ3) is 5.70. The van der Waals surface area contributed by atoms with Crippen LogP contribution in [0.4, 0.5) is 0 Å². The van der Waals surface area contributed by atoms with Gasteiger partial charge in [-0.15, -0.1) is 0 Å². The van der Waals surface area contributed by atoms with E-state index in [2.05, 4.69) is 5.32 Å². The Morgan fingerprint density at radius 1 is 1.44 bits per heavy atom. The Labute approximate surface area is 96.4 Å². The number of hydrogen-bond acceptors (Lipinski definition) is 3. The van der Waals surface area contributed by atoms with Crippen molar-refractivity contribution in [3.8, 4) is 0 Å². The molecule has 0 saturated heterocycles. The van der Waals surface area contributed by atoms with Gasteiger partial charge in [-0.1, -0.05) is 6.92 Å². The molecule has 0 aromatic rings. The number of carbonyl (C=O) groups is 2. The van der Waals surface area contributed by atoms with Gasteiger partial charge in [0.05, 0.1) is 5.41 Å². The molecule has 5 nitrogen and oxygen atoms in total. The van der Waals surface area contributed by atoms with E-state index in [4.69, 9.17) is 10.8 Å². The highest BCUT2D eigenvalue weighted by Gasteiger charge is 2.27. The second-order valence-electron chi connectivity index (χ2n) is 4.85. The summed E-state index contributed by atoms with van der Waals surface area (Å²) in [4.78, 5) is 22.2. The van der Waals surface area contributed by atoms with Gasteiger partial charge in [-0.05, 0) is 32.7 Å². The summed E-state index contributed by atoms with van der Waals surface area (Å²) in [5.74, 6) is -0.712. The largest absolute Gasteiger partial charge is 0.481 e. The molecule has 0 fully saturated rings. The molecule has 0 aromatic carbocycles. The molecular weight excluding hydrogens is 208 g/mol. The summed E-state index contributed by atoms with van der Waals surface area (Å²) in [6.07, 6.45) is 1.13. The normalized spacial score (nSPS) is 13.2. The Kier molecular flexibility index (Phi) is 6.03. The van der Waals surface area contributed by atoms with Crippen LogP contribution in [0.3, 0.4) is 0 Å². The SMILES string of the molecule is CC(CN)CCC(=O)NCC(C)(C)C(=O)O. The second-order valence-corrected chi connectivity index (χ2v) is 4.85. The monoisotopic (exact) mass is 230 g/mol. The molecule has 0 radical (unpaired) electrons. The van der Waals surface area contributed by atoms with Crippen LogP contribution in [-0.4, -0.2) is 30.1 Å². The maximum Gasteiger partial charge on any atom is 0.310 e. The molecule has 94 valence electrons. The molecule has 5 heteroatoms. The minimum Gasteiger partial charge on any atom is -0.481 e. The third-order valence-corrected chi connectivity index (χ3v) is 2.57. The summed E-state index contributed by atoms with van der Waals surface area (Å²) in [6.45, 7) is 5.86. The summed E-state index contributed by atoms with van der Waals surface area (Å²) in [7, 11) is 0. The minimum atomic E-state index is -0.921. The lowest BCUT2D eigenvalue weighted by molar-refractivity contribution is -0.146. The van der Waals surface area contributed by atoms with Gasteiger partial charge in [0.2, 0.25) is 5.91 Å². The van der Waals surface area contributed by atoms with Crippen molar-refractivity contribution in [1.82, 2.24) is 5.32 Å². The summed E-state index contributed by atoms with van der Waals surface area (Å²) in [6, 6.07) is 0. The predicted octanol–water partition coefficient (Wildman–Crippen LogP) is 0.588. The first kappa shape index (κ1) is 14.9. The van der Waals surface area contributed by atoms with E-state index in [0.29, 0.717) is 18.9 Å². The van der Waals surface area contributed by atoms with Crippen LogP contribution in [0.2, 0.25) is 0 Å². The lowest BCUT2D eigenvalue weighted by Crippen LogP contribution is -2.39. The molecule has 4 N–H and O–H groups in total. The van der Waals surface area contributed by atoms with Crippen molar-refractivity contribution in [1.29, 1.82) is 0 Å². The van der Waals surface area contributed by atoms with Gasteiger partial charge < -0.3 is 16.2 Å². The first-order valence-electron chi connectivity index (χ1n) is 5.49. The lowest BCUT2D eigenvalue weighted by atomic mass is 9.94. The zero-order valence-corrected chi connectivity index (χ0v) is 10.2. The summed E-state index contributed by atoms with van der Waals surface area (Å²) in [5, 5.41) is 11.5. The maximum absolute atomic E-state index is 11.4. The zero-order chi connectivity index (χ0) is 12.8. The van der Waals surface area contributed by atoms with Gasteiger partial charge in [-0.2, -0.15) is 0 Å². The van der Waals surface area contributed by atoms with E-state index in [-0.39, 0.29) is 12.5 Å². The fourth-order valence-electron chi connectivity index (χ4n) is 0.979. The van der Waals surface area contributed by atoms with Gasteiger partial charge in [0.1, 0.15) is 0 Å². The Hall–Kier alpha value is -1.10. The zero-order valence-electron chi connectivity index (χ0n) is 10.2. The number of rotatable bonds is 7. The van der Waals surface area contributed by atoms with Gasteiger partial charge in [0, 0.05) is 13.0 Å². The quantitative estimate of drug-likeness (QED) is 0.596. The fourth-order valence-corrected chi connectivity index (χ4v) is 0.979. The van der Waals surface area contributed by atoms with Crippen molar-refractivity contribution in [2.45, 2.75) is 33.6 Å². The number of nitrogens with one attached hydrogen (secondary N) is 1. The van der Waals surface area contributed by atoms with Crippen LogP contribution in [0.1, 0.15) is 33.6 Å². The van der Waals surface area contributed by atoms with Crippen LogP contribution in [0, 0.1) is 11.3 Å². The van der Waals surface area contributed by atoms with E-state index in [1.54, 1.807) is 13.8 Å². The minimum absolute atomic E-state index is 0.116. The summed E-state index contributed by atoms with van der Waals surface area (Å²) in [5.41, 5.74) is 4.51. The first-order valence-corrected chi connectivity index (χ1v) is 5.49. The van der Waals surface area contributed by atoms with Crippen LogP contribution in [0.5, 0.6) is 0 Å². The second kappa shape index (κ2) is 6.48. The first-order chi connectivity index (χ1) is 7.29. The summed E-state index contributed by atoms with van der Waals surface area (Å²) < 4.78 is 0. The van der Waals surface area contributed by atoms with Crippen LogP contribution < -0.4 is 11.1 Å². The summed E-state index contributed by atoms with van der Waals surface area (Å²) >= 11 is 0. The standard InChI is InChI=1S/C11H22N2O3/c1-8(6-12)4-5-9(14)13-7-11(2,3)10(15)16/h8H,4-7,12H2,1-3H3,(H,13,14)(H,15,16). The number of amides is 1. The molecule has 0 aliphatic rings. The van der Waals surface area contributed by atoms with Gasteiger partial charge >= 0.3 is 5.97 Å². The number of carboxylic acid groups (broad SMARTS) is 1. The van der Waals surface area contributed by atoms with E-state index >= 15 is 0 Å². The molecule has 0 saturated carbocycles. The molecule has 0 aromatic heterocycles. The molecule has 1 atom stereocenters. The van der Waals surface area contributed by atoms with Crippen LogP contribution in [-0.2, 0) is 9.59 Å². The Morgan fingerprint density at radius 2 is 2.00 bits per heavy atom. The molecule has 16 heavy (non-hydrogen) atoms. The topological polar surface area (TPSA) is 92.4 Å². The smallest absolute Gasteiger partial charge is 0.310 e. The van der Waals surface area contributed by atoms with E-state index in [9.17, 15) is 9.59 Å². The highest BCUT2D eigenvalue weighted by molar-refractivity contribution is 5.78. The fraction of sp³-hybridized carbons (Fsp3) is 0.818. The molecule has 0 aliphatic carbocycles. The lowest BCUT2D eigenvalue weighted by Gasteiger charge is -2.19. The average molecular weight is 230 g/mol. The molecule has 0 heterocycles. The predicted molar refractivity (Wildman–Crippen MR) is 61.9 cm³/mol. The number of carbonyl (C=O) groups excluding carboxylic acids is 1. The Bertz CT molecular complexity index is 252. The molecule has 0 aliphatic heterocycles. The number of nitrogens with two attached hydrogens (primary N) is 1. The van der Waals surface area contributed by atoms with E-state index in [1.807, 2.05) is 6.92 Å². The third-order valence-electron chi connectivity index (χ3n) is 2.57. The molecule has 1 amide bonds. The van der Waals surface area contributed by atoms with Crippen molar-refractivity contribution in [2.75, 3.05) is 13.1 Å². The van der Waals surface area contributed by atoms with E-state index < -0.39 is 11.4 Å². The number of aliphatic carboxylic acids is 1. The number of carboxylic acids is 1. The Balaban J connectivity index is 3.86. The van der Waals surface area contributed by atoms with Gasteiger partial charge in [-0.25, -0.2) is 0 Å².